The minimum Gasteiger partial charge on any atom is -0.441 e. The third-order valence-corrected chi connectivity index (χ3v) is 3.43. The molecule has 1 saturated heterocycles. The summed E-state index contributed by atoms with van der Waals surface area (Å²) >= 11 is 0. The molecule has 1 aliphatic rings. The van der Waals surface area contributed by atoms with E-state index in [2.05, 4.69) is 10.3 Å². The van der Waals surface area contributed by atoms with Gasteiger partial charge in [-0.25, -0.2) is 4.98 Å². The lowest BCUT2D eigenvalue weighted by Gasteiger charge is -2.22. The van der Waals surface area contributed by atoms with E-state index in [1.165, 1.54) is 0 Å². The molecule has 0 atom stereocenters. The first kappa shape index (κ1) is 11.5. The number of benzene rings is 1. The van der Waals surface area contributed by atoms with E-state index in [9.17, 15) is 0 Å². The lowest BCUT2D eigenvalue weighted by Crippen LogP contribution is -2.22. The standard InChI is InChI=1S/C14H18N2O2/c1-10-16-13-8-12(2-3-14(13)18-10)15-9-11-4-6-17-7-5-11/h2-3,8,11,15H,4-7,9H2,1H3. The molecule has 2 aromatic rings. The Hall–Kier alpha value is -1.55. The second-order valence-corrected chi connectivity index (χ2v) is 4.85. The number of anilines is 1. The zero-order chi connectivity index (χ0) is 12.4. The molecule has 96 valence electrons. The molecule has 18 heavy (non-hydrogen) atoms. The van der Waals surface area contributed by atoms with Crippen molar-refractivity contribution >= 4 is 16.8 Å². The fourth-order valence-corrected chi connectivity index (χ4v) is 2.37. The van der Waals surface area contributed by atoms with Crippen LogP contribution in [0.25, 0.3) is 11.1 Å². The number of hydrogen-bond donors (Lipinski definition) is 1. The first-order valence-corrected chi connectivity index (χ1v) is 6.50. The van der Waals surface area contributed by atoms with Gasteiger partial charge in [0.05, 0.1) is 0 Å². The normalized spacial score (nSPS) is 17.2. The highest BCUT2D eigenvalue weighted by Crippen LogP contribution is 2.21. The molecule has 3 rings (SSSR count). The fraction of sp³-hybridized carbons (Fsp3) is 0.500. The van der Waals surface area contributed by atoms with Gasteiger partial charge in [0.1, 0.15) is 5.52 Å². The van der Waals surface area contributed by atoms with Crippen molar-refractivity contribution in [2.75, 3.05) is 25.1 Å². The van der Waals surface area contributed by atoms with Crippen LogP contribution in [0.15, 0.2) is 22.6 Å². The smallest absolute Gasteiger partial charge is 0.192 e. The second kappa shape index (κ2) is 4.98. The highest BCUT2D eigenvalue weighted by atomic mass is 16.5. The van der Waals surface area contributed by atoms with E-state index >= 15 is 0 Å². The lowest BCUT2D eigenvalue weighted by atomic mass is 10.0. The van der Waals surface area contributed by atoms with Gasteiger partial charge in [0, 0.05) is 32.4 Å². The minimum absolute atomic E-state index is 0.714. The minimum atomic E-state index is 0.714. The number of aryl methyl sites for hydroxylation is 1. The van der Waals surface area contributed by atoms with Crippen LogP contribution in [-0.2, 0) is 4.74 Å². The average Bonchev–Trinajstić information content (AvgIpc) is 2.77. The van der Waals surface area contributed by atoms with Gasteiger partial charge < -0.3 is 14.5 Å². The maximum absolute atomic E-state index is 5.46. The van der Waals surface area contributed by atoms with Crippen molar-refractivity contribution in [2.45, 2.75) is 19.8 Å². The molecule has 0 saturated carbocycles. The van der Waals surface area contributed by atoms with Crippen LogP contribution >= 0.6 is 0 Å². The monoisotopic (exact) mass is 246 g/mol. The Balaban J connectivity index is 1.66. The summed E-state index contributed by atoms with van der Waals surface area (Å²) < 4.78 is 10.8. The van der Waals surface area contributed by atoms with Gasteiger partial charge in [0.15, 0.2) is 11.5 Å². The van der Waals surface area contributed by atoms with Gasteiger partial charge in [-0.05, 0) is 37.0 Å². The molecule has 0 radical (unpaired) electrons. The maximum Gasteiger partial charge on any atom is 0.192 e. The van der Waals surface area contributed by atoms with Crippen LogP contribution in [0.3, 0.4) is 0 Å². The van der Waals surface area contributed by atoms with Gasteiger partial charge in [0.2, 0.25) is 0 Å². The molecule has 4 heteroatoms. The average molecular weight is 246 g/mol. The zero-order valence-corrected chi connectivity index (χ0v) is 10.6. The topological polar surface area (TPSA) is 47.3 Å². The van der Waals surface area contributed by atoms with Gasteiger partial charge in [-0.3, -0.25) is 0 Å². The summed E-state index contributed by atoms with van der Waals surface area (Å²) in [6, 6.07) is 6.07. The van der Waals surface area contributed by atoms with Crippen molar-refractivity contribution < 1.29 is 9.15 Å². The van der Waals surface area contributed by atoms with Crippen LogP contribution in [0, 0.1) is 12.8 Å². The zero-order valence-electron chi connectivity index (χ0n) is 10.6. The van der Waals surface area contributed by atoms with Gasteiger partial charge in [-0.15, -0.1) is 0 Å². The predicted molar refractivity (Wildman–Crippen MR) is 70.8 cm³/mol. The molecule has 1 aliphatic heterocycles. The molecule has 4 nitrogen and oxygen atoms in total. The highest BCUT2D eigenvalue weighted by molar-refractivity contribution is 5.77. The van der Waals surface area contributed by atoms with E-state index in [-0.39, 0.29) is 0 Å². The number of aromatic nitrogens is 1. The highest BCUT2D eigenvalue weighted by Gasteiger charge is 2.13. The molecule has 0 aliphatic carbocycles. The molecule has 1 fully saturated rings. The van der Waals surface area contributed by atoms with Gasteiger partial charge in [0.25, 0.3) is 0 Å². The van der Waals surface area contributed by atoms with E-state index < -0.39 is 0 Å². The Kier molecular flexibility index (Phi) is 3.19. The summed E-state index contributed by atoms with van der Waals surface area (Å²) in [6.07, 6.45) is 2.30. The summed E-state index contributed by atoms with van der Waals surface area (Å²) in [4.78, 5) is 4.34. The van der Waals surface area contributed by atoms with E-state index in [0.717, 1.165) is 49.4 Å². The van der Waals surface area contributed by atoms with Crippen molar-refractivity contribution in [3.05, 3.63) is 24.1 Å². The van der Waals surface area contributed by atoms with Gasteiger partial charge in [-0.1, -0.05) is 0 Å². The summed E-state index contributed by atoms with van der Waals surface area (Å²) in [7, 11) is 0. The molecular formula is C14H18N2O2. The van der Waals surface area contributed by atoms with Crippen molar-refractivity contribution in [3.8, 4) is 0 Å². The quantitative estimate of drug-likeness (QED) is 0.904. The fourth-order valence-electron chi connectivity index (χ4n) is 2.37. The van der Waals surface area contributed by atoms with Crippen molar-refractivity contribution in [1.29, 1.82) is 0 Å². The third kappa shape index (κ3) is 2.48. The molecule has 0 bridgehead atoms. The van der Waals surface area contributed by atoms with E-state index in [0.29, 0.717) is 11.8 Å². The number of hydrogen-bond acceptors (Lipinski definition) is 4. The van der Waals surface area contributed by atoms with E-state index in [1.54, 1.807) is 0 Å². The Morgan fingerprint density at radius 2 is 2.17 bits per heavy atom. The van der Waals surface area contributed by atoms with Crippen LogP contribution < -0.4 is 5.32 Å². The second-order valence-electron chi connectivity index (χ2n) is 4.85. The van der Waals surface area contributed by atoms with Crippen molar-refractivity contribution in [2.24, 2.45) is 5.92 Å². The lowest BCUT2D eigenvalue weighted by molar-refractivity contribution is 0.0699. The largest absolute Gasteiger partial charge is 0.441 e. The molecule has 2 heterocycles. The van der Waals surface area contributed by atoms with Crippen LogP contribution in [0.4, 0.5) is 5.69 Å². The summed E-state index contributed by atoms with van der Waals surface area (Å²) in [5.74, 6) is 1.43. The summed E-state index contributed by atoms with van der Waals surface area (Å²) in [6.45, 7) is 4.67. The molecule has 0 amide bonds. The number of rotatable bonds is 3. The predicted octanol–water partition coefficient (Wildman–Crippen LogP) is 2.97. The number of oxazole rings is 1. The number of ether oxygens (including phenoxy) is 1. The third-order valence-electron chi connectivity index (χ3n) is 3.43. The van der Waals surface area contributed by atoms with Crippen molar-refractivity contribution in [1.82, 2.24) is 4.98 Å². The summed E-state index contributed by atoms with van der Waals surface area (Å²) in [5, 5.41) is 3.48. The number of nitrogens with zero attached hydrogens (tertiary/aromatic N) is 1. The number of nitrogens with one attached hydrogen (secondary N) is 1. The van der Waals surface area contributed by atoms with E-state index in [1.807, 2.05) is 25.1 Å². The first-order valence-electron chi connectivity index (χ1n) is 6.50. The van der Waals surface area contributed by atoms with Gasteiger partial charge >= 0.3 is 0 Å². The Bertz CT molecular complexity index is 530. The molecule has 1 N–H and O–H groups in total. The maximum atomic E-state index is 5.46. The number of fused-ring (bicyclic) bond motifs is 1. The van der Waals surface area contributed by atoms with Crippen LogP contribution in [0.1, 0.15) is 18.7 Å². The van der Waals surface area contributed by atoms with Crippen molar-refractivity contribution in [3.63, 3.8) is 0 Å². The van der Waals surface area contributed by atoms with Gasteiger partial charge in [-0.2, -0.15) is 0 Å². The molecule has 1 aromatic carbocycles. The molecule has 0 unspecified atom stereocenters. The first-order chi connectivity index (χ1) is 8.81. The Morgan fingerprint density at radius 3 is 3.00 bits per heavy atom. The Labute approximate surface area is 106 Å². The van der Waals surface area contributed by atoms with E-state index in [4.69, 9.17) is 9.15 Å². The van der Waals surface area contributed by atoms with Crippen LogP contribution in [0.2, 0.25) is 0 Å². The van der Waals surface area contributed by atoms with Crippen LogP contribution in [-0.4, -0.2) is 24.7 Å². The summed E-state index contributed by atoms with van der Waals surface area (Å²) in [5.41, 5.74) is 2.89. The Morgan fingerprint density at radius 1 is 1.33 bits per heavy atom. The van der Waals surface area contributed by atoms with Crippen LogP contribution in [0.5, 0.6) is 0 Å². The SMILES string of the molecule is Cc1nc2cc(NCC3CCOCC3)ccc2o1. The molecular weight excluding hydrogens is 228 g/mol. The molecule has 1 aromatic heterocycles. The molecule has 0 spiro atoms.